The highest BCUT2D eigenvalue weighted by Crippen LogP contribution is 2.29. The highest BCUT2D eigenvalue weighted by atomic mass is 19.1. The maximum absolute atomic E-state index is 12.9. The Balaban J connectivity index is 3.33. The number of nitrogens with zero attached hydrogens (tertiary/aromatic N) is 1. The molecule has 1 aromatic carbocycles. The Morgan fingerprint density at radius 2 is 2.23 bits per heavy atom. The molecule has 0 spiro atoms. The van der Waals surface area contributed by atoms with Crippen molar-refractivity contribution in [1.82, 2.24) is 0 Å². The van der Waals surface area contributed by atoms with Gasteiger partial charge in [-0.05, 0) is 0 Å². The summed E-state index contributed by atoms with van der Waals surface area (Å²) in [5.41, 5.74) is 4.17. The topological polar surface area (TPSA) is 78.4 Å². The number of ether oxygens (including phenoxy) is 1. The van der Waals surface area contributed by atoms with Gasteiger partial charge in [0.25, 0.3) is 5.69 Å². The summed E-state index contributed by atoms with van der Waals surface area (Å²) in [6, 6.07) is 2.06. The van der Waals surface area contributed by atoms with Gasteiger partial charge in [-0.15, -0.1) is 0 Å². The molecule has 0 aromatic heterocycles. The Labute approximate surface area is 73.1 Å². The first kappa shape index (κ1) is 9.24. The smallest absolute Gasteiger partial charge is 0.298 e. The van der Waals surface area contributed by atoms with Gasteiger partial charge in [0.15, 0.2) is 5.82 Å². The Morgan fingerprint density at radius 1 is 1.62 bits per heavy atom. The summed E-state index contributed by atoms with van der Waals surface area (Å²) in [5, 5.41) is 10.3. The summed E-state index contributed by atoms with van der Waals surface area (Å²) in [7, 11) is 1.29. The lowest BCUT2D eigenvalue weighted by Crippen LogP contribution is -1.99. The highest BCUT2D eigenvalue weighted by molar-refractivity contribution is 5.61. The van der Waals surface area contributed by atoms with Crippen molar-refractivity contribution < 1.29 is 14.1 Å². The second-order valence-electron chi connectivity index (χ2n) is 2.30. The van der Waals surface area contributed by atoms with Gasteiger partial charge in [0.2, 0.25) is 0 Å². The van der Waals surface area contributed by atoms with E-state index in [0.29, 0.717) is 0 Å². The van der Waals surface area contributed by atoms with Gasteiger partial charge in [-0.25, -0.2) is 4.39 Å². The van der Waals surface area contributed by atoms with Crippen LogP contribution in [0, 0.1) is 15.9 Å². The zero-order chi connectivity index (χ0) is 10.0. The number of hydrogen-bond acceptors (Lipinski definition) is 4. The molecule has 0 unspecified atom stereocenters. The maximum Gasteiger partial charge on any atom is 0.298 e. The average Bonchev–Trinajstić information content (AvgIpc) is 2.09. The second kappa shape index (κ2) is 3.26. The predicted molar refractivity (Wildman–Crippen MR) is 44.0 cm³/mol. The number of nitro groups is 1. The van der Waals surface area contributed by atoms with Crippen molar-refractivity contribution in [2.45, 2.75) is 0 Å². The Morgan fingerprint density at radius 3 is 2.69 bits per heavy atom. The molecule has 5 nitrogen and oxygen atoms in total. The summed E-state index contributed by atoms with van der Waals surface area (Å²) in [6.45, 7) is 0. The summed E-state index contributed by atoms with van der Waals surface area (Å²) >= 11 is 0. The summed E-state index contributed by atoms with van der Waals surface area (Å²) in [5.74, 6) is -0.788. The summed E-state index contributed by atoms with van der Waals surface area (Å²) in [4.78, 5) is 9.58. The van der Waals surface area contributed by atoms with Crippen LogP contribution in [0.1, 0.15) is 0 Å². The lowest BCUT2D eigenvalue weighted by atomic mass is 10.2. The van der Waals surface area contributed by atoms with Crippen LogP contribution in [0.15, 0.2) is 12.1 Å². The van der Waals surface area contributed by atoms with Crippen LogP contribution < -0.4 is 10.5 Å². The van der Waals surface area contributed by atoms with Gasteiger partial charge in [0, 0.05) is 6.07 Å². The standard InChI is InChI=1S/C7H7FN2O3/c1-13-4-2-5(8)7(9)6(3-4)10(11)12/h2-3H,9H2,1H3. The molecule has 0 saturated heterocycles. The SMILES string of the molecule is COc1cc(F)c(N)c([N+](=O)[O-])c1. The van der Waals surface area contributed by atoms with Crippen LogP contribution in [-0.4, -0.2) is 12.0 Å². The fraction of sp³-hybridized carbons (Fsp3) is 0.143. The van der Waals surface area contributed by atoms with E-state index in [1.807, 2.05) is 0 Å². The third-order valence-electron chi connectivity index (χ3n) is 1.51. The fourth-order valence-corrected chi connectivity index (χ4v) is 0.848. The van der Waals surface area contributed by atoms with Crippen molar-refractivity contribution in [2.24, 2.45) is 0 Å². The van der Waals surface area contributed by atoms with E-state index in [0.717, 1.165) is 12.1 Å². The number of hydrogen-bond donors (Lipinski definition) is 1. The molecule has 0 heterocycles. The van der Waals surface area contributed by atoms with Gasteiger partial charge in [-0.3, -0.25) is 10.1 Å². The molecule has 1 aromatic rings. The minimum absolute atomic E-state index is 0.0680. The van der Waals surface area contributed by atoms with Crippen molar-refractivity contribution >= 4 is 11.4 Å². The molecule has 0 atom stereocenters. The van der Waals surface area contributed by atoms with E-state index in [4.69, 9.17) is 5.73 Å². The van der Waals surface area contributed by atoms with Crippen molar-refractivity contribution in [1.29, 1.82) is 0 Å². The molecular weight excluding hydrogens is 179 g/mol. The molecule has 70 valence electrons. The van der Waals surface area contributed by atoms with E-state index in [2.05, 4.69) is 4.74 Å². The van der Waals surface area contributed by atoms with E-state index in [-0.39, 0.29) is 5.75 Å². The number of nitro benzene ring substituents is 1. The van der Waals surface area contributed by atoms with Crippen molar-refractivity contribution in [2.75, 3.05) is 12.8 Å². The van der Waals surface area contributed by atoms with Crippen LogP contribution in [0.3, 0.4) is 0 Å². The van der Waals surface area contributed by atoms with Crippen LogP contribution in [0.5, 0.6) is 5.75 Å². The van der Waals surface area contributed by atoms with Crippen molar-refractivity contribution in [3.8, 4) is 5.75 Å². The Bertz CT molecular complexity index is 354. The average molecular weight is 186 g/mol. The minimum Gasteiger partial charge on any atom is -0.496 e. The number of anilines is 1. The molecule has 2 N–H and O–H groups in total. The molecule has 0 aliphatic heterocycles. The normalized spacial score (nSPS) is 9.69. The van der Waals surface area contributed by atoms with E-state index < -0.39 is 22.1 Å². The first-order valence-corrected chi connectivity index (χ1v) is 3.33. The van der Waals surface area contributed by atoms with Gasteiger partial charge >= 0.3 is 0 Å². The molecule has 6 heteroatoms. The molecule has 0 radical (unpaired) electrons. The zero-order valence-corrected chi connectivity index (χ0v) is 6.78. The first-order valence-electron chi connectivity index (χ1n) is 3.33. The number of halogens is 1. The van der Waals surface area contributed by atoms with E-state index in [1.54, 1.807) is 0 Å². The van der Waals surface area contributed by atoms with Gasteiger partial charge in [-0.1, -0.05) is 0 Å². The van der Waals surface area contributed by atoms with Gasteiger partial charge in [-0.2, -0.15) is 0 Å². The molecule has 0 bridgehead atoms. The summed E-state index contributed by atoms with van der Waals surface area (Å²) in [6.07, 6.45) is 0. The fourth-order valence-electron chi connectivity index (χ4n) is 0.848. The quantitative estimate of drug-likeness (QED) is 0.429. The molecule has 0 saturated carbocycles. The van der Waals surface area contributed by atoms with Gasteiger partial charge < -0.3 is 10.5 Å². The number of nitrogens with two attached hydrogens (primary N) is 1. The zero-order valence-electron chi connectivity index (χ0n) is 6.78. The minimum atomic E-state index is -0.856. The lowest BCUT2D eigenvalue weighted by molar-refractivity contribution is -0.384. The van der Waals surface area contributed by atoms with Crippen LogP contribution in [-0.2, 0) is 0 Å². The summed E-state index contributed by atoms with van der Waals surface area (Å²) < 4.78 is 17.5. The monoisotopic (exact) mass is 186 g/mol. The van der Waals surface area contributed by atoms with Crippen LogP contribution in [0.2, 0.25) is 0 Å². The van der Waals surface area contributed by atoms with E-state index in [1.165, 1.54) is 7.11 Å². The molecular formula is C7H7FN2O3. The van der Waals surface area contributed by atoms with Gasteiger partial charge in [0.05, 0.1) is 18.1 Å². The molecule has 0 amide bonds. The maximum atomic E-state index is 12.9. The number of nitrogen functional groups attached to an aromatic ring is 1. The first-order chi connectivity index (χ1) is 6.06. The largest absolute Gasteiger partial charge is 0.496 e. The van der Waals surface area contributed by atoms with Crippen LogP contribution in [0.4, 0.5) is 15.8 Å². The molecule has 0 aliphatic carbocycles. The Hall–Kier alpha value is -1.85. The molecule has 0 aliphatic rings. The molecule has 0 fully saturated rings. The number of methoxy groups -OCH3 is 1. The van der Waals surface area contributed by atoms with Crippen molar-refractivity contribution in [3.05, 3.63) is 28.1 Å². The third-order valence-corrected chi connectivity index (χ3v) is 1.51. The van der Waals surface area contributed by atoms with E-state index in [9.17, 15) is 14.5 Å². The Kier molecular flexibility index (Phi) is 2.32. The highest BCUT2D eigenvalue weighted by Gasteiger charge is 2.17. The lowest BCUT2D eigenvalue weighted by Gasteiger charge is -2.02. The molecule has 1 rings (SSSR count). The predicted octanol–water partition coefficient (Wildman–Crippen LogP) is 1.32. The van der Waals surface area contributed by atoms with Crippen LogP contribution in [0.25, 0.3) is 0 Å². The second-order valence-corrected chi connectivity index (χ2v) is 2.30. The number of benzene rings is 1. The molecule has 13 heavy (non-hydrogen) atoms. The van der Waals surface area contributed by atoms with Crippen LogP contribution >= 0.6 is 0 Å². The van der Waals surface area contributed by atoms with Gasteiger partial charge in [0.1, 0.15) is 11.4 Å². The van der Waals surface area contributed by atoms with E-state index >= 15 is 0 Å². The van der Waals surface area contributed by atoms with Crippen molar-refractivity contribution in [3.63, 3.8) is 0 Å². The third kappa shape index (κ3) is 1.66. The number of rotatable bonds is 2.